The fourth-order valence-corrected chi connectivity index (χ4v) is 2.26. The van der Waals surface area contributed by atoms with Gasteiger partial charge >= 0.3 is 0 Å². The van der Waals surface area contributed by atoms with E-state index in [2.05, 4.69) is 38.0 Å². The van der Waals surface area contributed by atoms with Gasteiger partial charge in [-0.2, -0.15) is 0 Å². The van der Waals surface area contributed by atoms with Crippen molar-refractivity contribution in [2.24, 2.45) is 5.41 Å². The van der Waals surface area contributed by atoms with Crippen LogP contribution in [0.15, 0.2) is 0 Å². The van der Waals surface area contributed by atoms with Crippen LogP contribution < -0.4 is 5.32 Å². The molecule has 0 bridgehead atoms. The second-order valence-electron chi connectivity index (χ2n) is 5.32. The molecule has 0 spiro atoms. The molecule has 0 saturated carbocycles. The van der Waals surface area contributed by atoms with E-state index in [1.54, 1.807) is 0 Å². The summed E-state index contributed by atoms with van der Waals surface area (Å²) in [6.45, 7) is 10.8. The summed E-state index contributed by atoms with van der Waals surface area (Å²) in [6, 6.07) is 0.746. The SMILES string of the molecule is CCC(CNC)N1CCC(C)(C)CC1. The Morgan fingerprint density at radius 1 is 1.29 bits per heavy atom. The number of nitrogens with one attached hydrogen (secondary N) is 1. The number of piperidine rings is 1. The van der Waals surface area contributed by atoms with E-state index in [1.165, 1.54) is 32.4 Å². The van der Waals surface area contributed by atoms with Crippen molar-refractivity contribution >= 4 is 0 Å². The second-order valence-corrected chi connectivity index (χ2v) is 5.32. The van der Waals surface area contributed by atoms with E-state index < -0.39 is 0 Å². The molecule has 2 nitrogen and oxygen atoms in total. The van der Waals surface area contributed by atoms with E-state index in [-0.39, 0.29) is 0 Å². The van der Waals surface area contributed by atoms with Gasteiger partial charge in [0.2, 0.25) is 0 Å². The lowest BCUT2D eigenvalue weighted by atomic mass is 9.82. The second kappa shape index (κ2) is 5.13. The maximum atomic E-state index is 3.30. The molecule has 1 N–H and O–H groups in total. The topological polar surface area (TPSA) is 15.3 Å². The number of nitrogens with zero attached hydrogens (tertiary/aromatic N) is 1. The summed E-state index contributed by atoms with van der Waals surface area (Å²) >= 11 is 0. The number of likely N-dealkylation sites (N-methyl/N-ethyl adjacent to an activating group) is 1. The van der Waals surface area contributed by atoms with Crippen LogP contribution in [0.25, 0.3) is 0 Å². The van der Waals surface area contributed by atoms with E-state index in [4.69, 9.17) is 0 Å². The summed E-state index contributed by atoms with van der Waals surface area (Å²) < 4.78 is 0. The van der Waals surface area contributed by atoms with Gasteiger partial charge in [0, 0.05) is 12.6 Å². The molecule has 1 heterocycles. The molecule has 0 aromatic carbocycles. The standard InChI is InChI=1S/C12H26N2/c1-5-11(10-13-4)14-8-6-12(2,3)7-9-14/h11,13H,5-10H2,1-4H3. The Morgan fingerprint density at radius 3 is 2.29 bits per heavy atom. The smallest absolute Gasteiger partial charge is 0.0217 e. The number of rotatable bonds is 4. The van der Waals surface area contributed by atoms with E-state index >= 15 is 0 Å². The lowest BCUT2D eigenvalue weighted by Gasteiger charge is -2.40. The van der Waals surface area contributed by atoms with Crippen LogP contribution in [-0.4, -0.2) is 37.6 Å². The lowest BCUT2D eigenvalue weighted by Crippen LogP contribution is -2.47. The monoisotopic (exact) mass is 198 g/mol. The Kier molecular flexibility index (Phi) is 4.39. The van der Waals surface area contributed by atoms with Crippen molar-refractivity contribution in [1.29, 1.82) is 0 Å². The molecular formula is C12H26N2. The van der Waals surface area contributed by atoms with Crippen LogP contribution in [0.3, 0.4) is 0 Å². The summed E-state index contributed by atoms with van der Waals surface area (Å²) in [5.74, 6) is 0. The number of hydrogen-bond donors (Lipinski definition) is 1. The first-order valence-electron chi connectivity index (χ1n) is 5.97. The maximum absolute atomic E-state index is 3.30. The third-order valence-electron chi connectivity index (χ3n) is 3.58. The predicted octanol–water partition coefficient (Wildman–Crippen LogP) is 2.11. The molecule has 0 aromatic rings. The van der Waals surface area contributed by atoms with Crippen molar-refractivity contribution in [2.45, 2.75) is 46.1 Å². The maximum Gasteiger partial charge on any atom is 0.0217 e. The molecule has 0 aliphatic carbocycles. The highest BCUT2D eigenvalue weighted by Gasteiger charge is 2.28. The zero-order valence-electron chi connectivity index (χ0n) is 10.3. The Bertz CT molecular complexity index is 156. The largest absolute Gasteiger partial charge is 0.318 e. The molecule has 0 amide bonds. The van der Waals surface area contributed by atoms with E-state index in [0.717, 1.165) is 12.6 Å². The molecule has 0 radical (unpaired) electrons. The van der Waals surface area contributed by atoms with Crippen molar-refractivity contribution in [3.63, 3.8) is 0 Å². The fourth-order valence-electron chi connectivity index (χ4n) is 2.26. The minimum atomic E-state index is 0.578. The summed E-state index contributed by atoms with van der Waals surface area (Å²) in [5.41, 5.74) is 0.578. The van der Waals surface area contributed by atoms with E-state index in [9.17, 15) is 0 Å². The molecule has 2 heteroatoms. The average Bonchev–Trinajstić information content (AvgIpc) is 2.15. The summed E-state index contributed by atoms with van der Waals surface area (Å²) in [5, 5.41) is 3.30. The average molecular weight is 198 g/mol. The third-order valence-corrected chi connectivity index (χ3v) is 3.58. The van der Waals surface area contributed by atoms with Gasteiger partial charge in [-0.3, -0.25) is 4.90 Å². The predicted molar refractivity (Wildman–Crippen MR) is 62.6 cm³/mol. The Hall–Kier alpha value is -0.0800. The Morgan fingerprint density at radius 2 is 1.86 bits per heavy atom. The Labute approximate surface area is 89.1 Å². The number of hydrogen-bond acceptors (Lipinski definition) is 2. The molecule has 0 aromatic heterocycles. The minimum Gasteiger partial charge on any atom is -0.318 e. The summed E-state index contributed by atoms with van der Waals surface area (Å²) in [6.07, 6.45) is 3.97. The molecule has 1 atom stereocenters. The van der Waals surface area contributed by atoms with Crippen LogP contribution in [0, 0.1) is 5.41 Å². The molecular weight excluding hydrogens is 172 g/mol. The third kappa shape index (κ3) is 3.25. The number of likely N-dealkylation sites (tertiary alicyclic amines) is 1. The summed E-state index contributed by atoms with van der Waals surface area (Å²) in [4.78, 5) is 2.65. The normalized spacial score (nSPS) is 24.9. The highest BCUT2D eigenvalue weighted by molar-refractivity contribution is 4.82. The highest BCUT2D eigenvalue weighted by atomic mass is 15.2. The molecule has 84 valence electrons. The minimum absolute atomic E-state index is 0.578. The van der Waals surface area contributed by atoms with Crippen LogP contribution in [-0.2, 0) is 0 Å². The molecule has 14 heavy (non-hydrogen) atoms. The van der Waals surface area contributed by atoms with Gasteiger partial charge in [-0.05, 0) is 44.8 Å². The van der Waals surface area contributed by atoms with Gasteiger partial charge < -0.3 is 5.32 Å². The van der Waals surface area contributed by atoms with Crippen molar-refractivity contribution in [2.75, 3.05) is 26.7 Å². The molecule has 1 aliphatic heterocycles. The van der Waals surface area contributed by atoms with Gasteiger partial charge in [-0.15, -0.1) is 0 Å². The van der Waals surface area contributed by atoms with Gasteiger partial charge in [-0.25, -0.2) is 0 Å². The zero-order valence-corrected chi connectivity index (χ0v) is 10.3. The van der Waals surface area contributed by atoms with Gasteiger partial charge in [0.15, 0.2) is 0 Å². The molecule has 1 fully saturated rings. The fraction of sp³-hybridized carbons (Fsp3) is 1.00. The first kappa shape index (κ1) is 12.0. The van der Waals surface area contributed by atoms with Gasteiger partial charge in [0.25, 0.3) is 0 Å². The van der Waals surface area contributed by atoms with Gasteiger partial charge in [0.1, 0.15) is 0 Å². The van der Waals surface area contributed by atoms with Crippen molar-refractivity contribution in [3.05, 3.63) is 0 Å². The quantitative estimate of drug-likeness (QED) is 0.744. The van der Waals surface area contributed by atoms with Crippen molar-refractivity contribution in [3.8, 4) is 0 Å². The van der Waals surface area contributed by atoms with Crippen molar-refractivity contribution < 1.29 is 0 Å². The molecule has 1 aliphatic rings. The van der Waals surface area contributed by atoms with Crippen LogP contribution in [0.5, 0.6) is 0 Å². The first-order valence-corrected chi connectivity index (χ1v) is 5.97. The van der Waals surface area contributed by atoms with Gasteiger partial charge in [-0.1, -0.05) is 20.8 Å². The van der Waals surface area contributed by atoms with Crippen molar-refractivity contribution in [1.82, 2.24) is 10.2 Å². The van der Waals surface area contributed by atoms with Gasteiger partial charge in [0.05, 0.1) is 0 Å². The first-order chi connectivity index (χ1) is 6.59. The highest BCUT2D eigenvalue weighted by Crippen LogP contribution is 2.30. The van der Waals surface area contributed by atoms with Crippen LogP contribution in [0.1, 0.15) is 40.0 Å². The molecule has 1 rings (SSSR count). The molecule has 1 unspecified atom stereocenters. The van der Waals surface area contributed by atoms with Crippen LogP contribution >= 0.6 is 0 Å². The molecule has 1 saturated heterocycles. The van der Waals surface area contributed by atoms with Crippen LogP contribution in [0.2, 0.25) is 0 Å². The lowest BCUT2D eigenvalue weighted by molar-refractivity contribution is 0.0919. The van der Waals surface area contributed by atoms with E-state index in [1.807, 2.05) is 0 Å². The summed E-state index contributed by atoms with van der Waals surface area (Å²) in [7, 11) is 2.05. The zero-order chi connectivity index (χ0) is 10.6. The van der Waals surface area contributed by atoms with E-state index in [0.29, 0.717) is 5.41 Å². The van der Waals surface area contributed by atoms with Crippen LogP contribution in [0.4, 0.5) is 0 Å². The Balaban J connectivity index is 2.39.